The molecule has 1 atom stereocenters. The molecule has 0 aliphatic carbocycles. The highest BCUT2D eigenvalue weighted by molar-refractivity contribution is 7.99. The molecule has 2 heteroatoms. The third-order valence-electron chi connectivity index (χ3n) is 1.34. The molecule has 0 aliphatic rings. The highest BCUT2D eigenvalue weighted by Crippen LogP contribution is 2.13. The van der Waals surface area contributed by atoms with Crippen molar-refractivity contribution in [1.82, 2.24) is 0 Å². The summed E-state index contributed by atoms with van der Waals surface area (Å²) in [6.07, 6.45) is 1.86. The molecule has 0 aliphatic heterocycles. The molecule has 0 radical (unpaired) electrons. The summed E-state index contributed by atoms with van der Waals surface area (Å²) in [5.41, 5.74) is 0. The van der Waals surface area contributed by atoms with E-state index in [4.69, 9.17) is 5.11 Å². The van der Waals surface area contributed by atoms with E-state index >= 15 is 0 Å². The molecule has 0 aromatic rings. The maximum Gasteiger partial charge on any atom is 0.0441 e. The van der Waals surface area contributed by atoms with Gasteiger partial charge in [0.25, 0.3) is 0 Å². The summed E-state index contributed by atoms with van der Waals surface area (Å²) >= 11 is 1.88. The van der Waals surface area contributed by atoms with E-state index < -0.39 is 0 Å². The molecule has 0 fully saturated rings. The average molecular weight is 172 g/mol. The minimum absolute atomic E-state index is 0.299. The maximum absolute atomic E-state index is 8.60. The zero-order valence-corrected chi connectivity index (χ0v) is 8.08. The van der Waals surface area contributed by atoms with E-state index in [0.717, 1.165) is 18.6 Å². The van der Waals surface area contributed by atoms with Crippen molar-refractivity contribution in [1.29, 1.82) is 0 Å². The standard InChI is InChI=1S/C9H16OS/c1-3-4-5-8-11-9(2)6-7-10/h9-10H,5-8H2,1-2H3. The summed E-state index contributed by atoms with van der Waals surface area (Å²) in [4.78, 5) is 0. The van der Waals surface area contributed by atoms with E-state index in [-0.39, 0.29) is 0 Å². The second kappa shape index (κ2) is 7.97. The largest absolute Gasteiger partial charge is 0.396 e. The van der Waals surface area contributed by atoms with Crippen LogP contribution in [0.3, 0.4) is 0 Å². The van der Waals surface area contributed by atoms with Crippen molar-refractivity contribution in [2.75, 3.05) is 12.4 Å². The van der Waals surface area contributed by atoms with Gasteiger partial charge in [0.2, 0.25) is 0 Å². The molecule has 64 valence electrons. The highest BCUT2D eigenvalue weighted by Gasteiger charge is 1.99. The Hall–Kier alpha value is -0.130. The van der Waals surface area contributed by atoms with Gasteiger partial charge in [0, 0.05) is 24.0 Å². The third-order valence-corrected chi connectivity index (χ3v) is 2.59. The lowest BCUT2D eigenvalue weighted by atomic mass is 10.3. The first-order chi connectivity index (χ1) is 5.31. The average Bonchev–Trinajstić information content (AvgIpc) is 1.99. The van der Waals surface area contributed by atoms with Crippen molar-refractivity contribution < 1.29 is 5.11 Å². The maximum atomic E-state index is 8.60. The van der Waals surface area contributed by atoms with Gasteiger partial charge in [-0.05, 0) is 13.3 Å². The van der Waals surface area contributed by atoms with Crippen LogP contribution in [-0.2, 0) is 0 Å². The van der Waals surface area contributed by atoms with Gasteiger partial charge in [0.1, 0.15) is 0 Å². The topological polar surface area (TPSA) is 20.2 Å². The van der Waals surface area contributed by atoms with Crippen LogP contribution >= 0.6 is 11.8 Å². The van der Waals surface area contributed by atoms with Crippen molar-refractivity contribution in [2.45, 2.75) is 31.9 Å². The Balaban J connectivity index is 3.14. The summed E-state index contributed by atoms with van der Waals surface area (Å²) in [5.74, 6) is 6.96. The number of aliphatic hydroxyl groups excluding tert-OH is 1. The van der Waals surface area contributed by atoms with Gasteiger partial charge in [0.05, 0.1) is 0 Å². The molecule has 0 aromatic carbocycles. The predicted molar refractivity (Wildman–Crippen MR) is 51.7 cm³/mol. The highest BCUT2D eigenvalue weighted by atomic mass is 32.2. The molecule has 0 spiro atoms. The first-order valence-electron chi connectivity index (χ1n) is 3.93. The smallest absolute Gasteiger partial charge is 0.0441 e. The number of thioether (sulfide) groups is 1. The summed E-state index contributed by atoms with van der Waals surface area (Å²) in [5, 5.41) is 9.17. The Morgan fingerprint density at radius 2 is 2.27 bits per heavy atom. The number of hydrogen-bond acceptors (Lipinski definition) is 2. The molecule has 0 rings (SSSR count). The molecule has 11 heavy (non-hydrogen) atoms. The van der Waals surface area contributed by atoms with Crippen LogP contribution in [0.2, 0.25) is 0 Å². The molecule has 0 amide bonds. The molecule has 1 unspecified atom stereocenters. The zero-order chi connectivity index (χ0) is 8.53. The monoisotopic (exact) mass is 172 g/mol. The number of aliphatic hydroxyl groups is 1. The van der Waals surface area contributed by atoms with E-state index in [1.165, 1.54) is 0 Å². The number of rotatable bonds is 5. The van der Waals surface area contributed by atoms with Crippen LogP contribution in [-0.4, -0.2) is 22.7 Å². The van der Waals surface area contributed by atoms with Gasteiger partial charge in [-0.3, -0.25) is 0 Å². The van der Waals surface area contributed by atoms with Crippen LogP contribution in [0.15, 0.2) is 0 Å². The van der Waals surface area contributed by atoms with Gasteiger partial charge in [-0.1, -0.05) is 6.92 Å². The third kappa shape index (κ3) is 7.77. The first kappa shape index (κ1) is 10.9. The number of hydrogen-bond donors (Lipinski definition) is 1. The second-order valence-electron chi connectivity index (χ2n) is 2.37. The quantitative estimate of drug-likeness (QED) is 0.505. The molecule has 0 saturated carbocycles. The second-order valence-corrected chi connectivity index (χ2v) is 3.92. The minimum atomic E-state index is 0.299. The van der Waals surface area contributed by atoms with Gasteiger partial charge >= 0.3 is 0 Å². The van der Waals surface area contributed by atoms with Gasteiger partial charge in [-0.2, -0.15) is 11.8 Å². The Bertz CT molecular complexity index is 134. The SMILES string of the molecule is CC#CCCSC(C)CCO. The van der Waals surface area contributed by atoms with Crippen LogP contribution in [0.4, 0.5) is 0 Å². The molecule has 0 heterocycles. The van der Waals surface area contributed by atoms with Gasteiger partial charge < -0.3 is 5.11 Å². The molecule has 1 N–H and O–H groups in total. The molecule has 0 aromatic heterocycles. The lowest BCUT2D eigenvalue weighted by molar-refractivity contribution is 0.289. The lowest BCUT2D eigenvalue weighted by Gasteiger charge is -2.06. The molecule has 0 bridgehead atoms. The zero-order valence-electron chi connectivity index (χ0n) is 7.26. The Morgan fingerprint density at radius 1 is 1.55 bits per heavy atom. The summed E-state index contributed by atoms with van der Waals surface area (Å²) in [6, 6.07) is 0. The van der Waals surface area contributed by atoms with Gasteiger partial charge in [-0.15, -0.1) is 11.8 Å². The van der Waals surface area contributed by atoms with Crippen molar-refractivity contribution in [2.24, 2.45) is 0 Å². The molecular weight excluding hydrogens is 156 g/mol. The van der Waals surface area contributed by atoms with Crippen LogP contribution < -0.4 is 0 Å². The van der Waals surface area contributed by atoms with Crippen molar-refractivity contribution in [3.8, 4) is 11.8 Å². The Kier molecular flexibility index (Phi) is 7.88. The van der Waals surface area contributed by atoms with E-state index in [2.05, 4.69) is 18.8 Å². The summed E-state index contributed by atoms with van der Waals surface area (Å²) in [6.45, 7) is 4.30. The van der Waals surface area contributed by atoms with Crippen molar-refractivity contribution in [3.63, 3.8) is 0 Å². The van der Waals surface area contributed by atoms with Crippen LogP contribution in [0.5, 0.6) is 0 Å². The first-order valence-corrected chi connectivity index (χ1v) is 4.98. The molecular formula is C9H16OS. The lowest BCUT2D eigenvalue weighted by Crippen LogP contribution is -2.00. The summed E-state index contributed by atoms with van der Waals surface area (Å²) in [7, 11) is 0. The van der Waals surface area contributed by atoms with Gasteiger partial charge in [0.15, 0.2) is 0 Å². The van der Waals surface area contributed by atoms with Crippen molar-refractivity contribution >= 4 is 11.8 Å². The van der Waals surface area contributed by atoms with E-state index in [0.29, 0.717) is 11.9 Å². The molecule has 1 nitrogen and oxygen atoms in total. The van der Waals surface area contributed by atoms with Gasteiger partial charge in [-0.25, -0.2) is 0 Å². The van der Waals surface area contributed by atoms with E-state index in [9.17, 15) is 0 Å². The fraction of sp³-hybridized carbons (Fsp3) is 0.778. The van der Waals surface area contributed by atoms with E-state index in [1.807, 2.05) is 18.7 Å². The van der Waals surface area contributed by atoms with Crippen molar-refractivity contribution in [3.05, 3.63) is 0 Å². The van der Waals surface area contributed by atoms with Crippen LogP contribution in [0.1, 0.15) is 26.7 Å². The Labute approximate surface area is 73.6 Å². The van der Waals surface area contributed by atoms with Crippen LogP contribution in [0, 0.1) is 11.8 Å². The fourth-order valence-electron chi connectivity index (χ4n) is 0.701. The summed E-state index contributed by atoms with van der Waals surface area (Å²) < 4.78 is 0. The minimum Gasteiger partial charge on any atom is -0.396 e. The van der Waals surface area contributed by atoms with Crippen LogP contribution in [0.25, 0.3) is 0 Å². The molecule has 0 saturated heterocycles. The predicted octanol–water partition coefficient (Wildman–Crippen LogP) is 1.90. The fourth-order valence-corrected chi connectivity index (χ4v) is 1.60. The normalized spacial score (nSPS) is 11.9. The van der Waals surface area contributed by atoms with E-state index in [1.54, 1.807) is 0 Å². The Morgan fingerprint density at radius 3 is 2.82 bits per heavy atom.